The van der Waals surface area contributed by atoms with Crippen LogP contribution in [0.15, 0.2) is 200 Å². The first kappa shape index (κ1) is 33.0. The Morgan fingerprint density at radius 2 is 0.810 bits per heavy atom. The first-order valence-corrected chi connectivity index (χ1v) is 20.3. The molecule has 0 aliphatic heterocycles. The summed E-state index contributed by atoms with van der Waals surface area (Å²) in [6.45, 7) is 4.76. The Kier molecular flexibility index (Phi) is 7.04. The van der Waals surface area contributed by atoms with E-state index in [-0.39, 0.29) is 5.41 Å². The zero-order valence-electron chi connectivity index (χ0n) is 32.5. The van der Waals surface area contributed by atoms with Gasteiger partial charge in [-0.25, -0.2) is 0 Å². The summed E-state index contributed by atoms with van der Waals surface area (Å²) >= 11 is 0. The number of benzene rings is 10. The van der Waals surface area contributed by atoms with Crippen LogP contribution in [0, 0.1) is 0 Å². The molecule has 1 aliphatic rings. The Balaban J connectivity index is 1.15. The third kappa shape index (κ3) is 4.83. The van der Waals surface area contributed by atoms with Gasteiger partial charge >= 0.3 is 0 Å². The summed E-state index contributed by atoms with van der Waals surface area (Å²) in [6.07, 6.45) is 0. The van der Waals surface area contributed by atoms with E-state index in [1.165, 1.54) is 115 Å². The second-order valence-electron chi connectivity index (χ2n) is 16.5. The van der Waals surface area contributed by atoms with Crippen LogP contribution in [0.2, 0.25) is 0 Å². The lowest BCUT2D eigenvalue weighted by atomic mass is 9.82. The van der Waals surface area contributed by atoms with Gasteiger partial charge in [-0.3, -0.25) is 0 Å². The van der Waals surface area contributed by atoms with Crippen molar-refractivity contribution in [2.75, 3.05) is 0 Å². The first-order chi connectivity index (χ1) is 28.5. The highest BCUT2D eigenvalue weighted by Gasteiger charge is 2.36. The van der Waals surface area contributed by atoms with Crippen LogP contribution in [0.25, 0.3) is 104 Å². The molecule has 1 aliphatic carbocycles. The Bertz CT molecular complexity index is 3360. The summed E-state index contributed by atoms with van der Waals surface area (Å²) in [6, 6.07) is 74.5. The molecule has 272 valence electrons. The van der Waals surface area contributed by atoms with Crippen LogP contribution < -0.4 is 0 Å². The SMILES string of the molecule is CC1(C)c2ccccc2-c2cc3c4cc(-c5cc(-c6ccccc6)cc(-c6ccccc6)c5)ccc4n(-c4ccc5c6ccccc6c6ccccc6c5c4)c3cc21. The molecule has 1 nitrogen and oxygen atoms in total. The van der Waals surface area contributed by atoms with Crippen molar-refractivity contribution >= 4 is 54.1 Å². The molecule has 10 aromatic carbocycles. The summed E-state index contributed by atoms with van der Waals surface area (Å²) in [5, 5.41) is 10.3. The van der Waals surface area contributed by atoms with Crippen molar-refractivity contribution in [1.29, 1.82) is 0 Å². The van der Waals surface area contributed by atoms with Crippen molar-refractivity contribution in [3.8, 4) is 50.2 Å². The molecule has 0 unspecified atom stereocenters. The molecule has 1 aromatic heterocycles. The summed E-state index contributed by atoms with van der Waals surface area (Å²) in [5.74, 6) is 0. The van der Waals surface area contributed by atoms with E-state index in [1.54, 1.807) is 0 Å². The summed E-state index contributed by atoms with van der Waals surface area (Å²) in [4.78, 5) is 0. The van der Waals surface area contributed by atoms with E-state index in [0.717, 1.165) is 0 Å². The van der Waals surface area contributed by atoms with E-state index < -0.39 is 0 Å². The second kappa shape index (κ2) is 12.4. The lowest BCUT2D eigenvalue weighted by Gasteiger charge is -2.21. The molecule has 0 N–H and O–H groups in total. The highest BCUT2D eigenvalue weighted by Crippen LogP contribution is 2.51. The number of rotatable bonds is 4. The molecule has 0 saturated heterocycles. The third-order valence-electron chi connectivity index (χ3n) is 12.9. The predicted molar refractivity (Wildman–Crippen MR) is 247 cm³/mol. The standard InChI is InChI=1S/C57H39N/c1-57(2)53-24-14-13-23-48(53)50-34-52-51-32-38(41-30-39(36-15-5-3-6-16-36)29-40(31-41)37-17-7-4-8-18-37)25-28-55(51)58(56(52)35-54(50)57)42-26-27-47-45-21-10-9-19-43(45)44-20-11-12-22-46(44)49(47)33-42/h3-35H,1-2H3. The fourth-order valence-electron chi connectivity index (χ4n) is 10.1. The van der Waals surface area contributed by atoms with E-state index in [1.807, 2.05) is 0 Å². The average molecular weight is 738 g/mol. The Morgan fingerprint density at radius 3 is 1.45 bits per heavy atom. The van der Waals surface area contributed by atoms with Crippen molar-refractivity contribution < 1.29 is 0 Å². The van der Waals surface area contributed by atoms with Crippen molar-refractivity contribution in [2.24, 2.45) is 0 Å². The molecule has 0 saturated carbocycles. The first-order valence-electron chi connectivity index (χ1n) is 20.3. The highest BCUT2D eigenvalue weighted by atomic mass is 15.0. The smallest absolute Gasteiger partial charge is 0.0544 e. The number of nitrogens with zero attached hydrogens (tertiary/aromatic N) is 1. The van der Waals surface area contributed by atoms with Gasteiger partial charge < -0.3 is 4.57 Å². The lowest BCUT2D eigenvalue weighted by Crippen LogP contribution is -2.14. The maximum absolute atomic E-state index is 2.52. The quantitative estimate of drug-likeness (QED) is 0.159. The van der Waals surface area contributed by atoms with Crippen molar-refractivity contribution in [1.82, 2.24) is 4.57 Å². The molecular formula is C57H39N. The van der Waals surface area contributed by atoms with Gasteiger partial charge in [-0.15, -0.1) is 0 Å². The number of fused-ring (bicyclic) bond motifs is 12. The monoisotopic (exact) mass is 737 g/mol. The van der Waals surface area contributed by atoms with Gasteiger partial charge in [0.15, 0.2) is 0 Å². The van der Waals surface area contributed by atoms with E-state index >= 15 is 0 Å². The van der Waals surface area contributed by atoms with Crippen LogP contribution in [-0.4, -0.2) is 4.57 Å². The third-order valence-corrected chi connectivity index (χ3v) is 12.9. The van der Waals surface area contributed by atoms with Crippen molar-refractivity contribution in [3.63, 3.8) is 0 Å². The lowest BCUT2D eigenvalue weighted by molar-refractivity contribution is 0.661. The van der Waals surface area contributed by atoms with Crippen LogP contribution in [0.3, 0.4) is 0 Å². The van der Waals surface area contributed by atoms with E-state index in [4.69, 9.17) is 0 Å². The molecular weight excluding hydrogens is 699 g/mol. The van der Waals surface area contributed by atoms with Gasteiger partial charge in [0.2, 0.25) is 0 Å². The molecule has 11 aromatic rings. The molecule has 0 bridgehead atoms. The Labute approximate surface area is 338 Å². The van der Waals surface area contributed by atoms with Crippen LogP contribution in [0.4, 0.5) is 0 Å². The number of hydrogen-bond acceptors (Lipinski definition) is 0. The maximum atomic E-state index is 2.52. The molecule has 0 amide bonds. The van der Waals surface area contributed by atoms with E-state index in [9.17, 15) is 0 Å². The van der Waals surface area contributed by atoms with Crippen LogP contribution in [-0.2, 0) is 5.41 Å². The minimum absolute atomic E-state index is 0.114. The largest absolute Gasteiger partial charge is 0.309 e. The molecule has 0 spiro atoms. The molecule has 12 rings (SSSR count). The Hall–Kier alpha value is -7.22. The van der Waals surface area contributed by atoms with Gasteiger partial charge in [0.1, 0.15) is 0 Å². The summed E-state index contributed by atoms with van der Waals surface area (Å²) < 4.78 is 2.52. The topological polar surface area (TPSA) is 4.93 Å². The molecule has 0 radical (unpaired) electrons. The van der Waals surface area contributed by atoms with Gasteiger partial charge in [-0.1, -0.05) is 159 Å². The van der Waals surface area contributed by atoms with Gasteiger partial charge in [0.05, 0.1) is 11.0 Å². The average Bonchev–Trinajstić information content (AvgIpc) is 3.73. The molecule has 1 heteroatoms. The fraction of sp³-hybridized carbons (Fsp3) is 0.0526. The maximum Gasteiger partial charge on any atom is 0.0544 e. The number of hydrogen-bond donors (Lipinski definition) is 0. The Morgan fingerprint density at radius 1 is 0.293 bits per heavy atom. The summed E-state index contributed by atoms with van der Waals surface area (Å²) in [7, 11) is 0. The van der Waals surface area contributed by atoms with Crippen LogP contribution >= 0.6 is 0 Å². The van der Waals surface area contributed by atoms with E-state index in [0.29, 0.717) is 0 Å². The van der Waals surface area contributed by atoms with E-state index in [2.05, 4.69) is 219 Å². The van der Waals surface area contributed by atoms with Crippen LogP contribution in [0.5, 0.6) is 0 Å². The fourth-order valence-corrected chi connectivity index (χ4v) is 10.1. The van der Waals surface area contributed by atoms with Crippen LogP contribution in [0.1, 0.15) is 25.0 Å². The molecule has 58 heavy (non-hydrogen) atoms. The normalized spacial score (nSPS) is 13.1. The zero-order valence-corrected chi connectivity index (χ0v) is 32.5. The summed E-state index contributed by atoms with van der Waals surface area (Å²) in [5.41, 5.74) is 16.2. The molecule has 0 fully saturated rings. The van der Waals surface area contributed by atoms with Gasteiger partial charge in [0.25, 0.3) is 0 Å². The molecule has 0 atom stereocenters. The second-order valence-corrected chi connectivity index (χ2v) is 16.5. The predicted octanol–water partition coefficient (Wildman–Crippen LogP) is 15.6. The number of aromatic nitrogens is 1. The highest BCUT2D eigenvalue weighted by molar-refractivity contribution is 6.25. The van der Waals surface area contributed by atoms with Gasteiger partial charge in [-0.2, -0.15) is 0 Å². The van der Waals surface area contributed by atoms with Crippen molar-refractivity contribution in [3.05, 3.63) is 211 Å². The minimum atomic E-state index is -0.114. The molecule has 1 heterocycles. The van der Waals surface area contributed by atoms with Gasteiger partial charge in [-0.05, 0) is 143 Å². The van der Waals surface area contributed by atoms with Crippen molar-refractivity contribution in [2.45, 2.75) is 19.3 Å². The minimum Gasteiger partial charge on any atom is -0.309 e. The van der Waals surface area contributed by atoms with Gasteiger partial charge in [0, 0.05) is 21.9 Å². The zero-order chi connectivity index (χ0) is 38.5.